The summed E-state index contributed by atoms with van der Waals surface area (Å²) in [5.41, 5.74) is 0.763. The van der Waals surface area contributed by atoms with Crippen molar-refractivity contribution in [2.24, 2.45) is 0 Å². The minimum absolute atomic E-state index is 0.109. The molecule has 0 aliphatic carbocycles. The molecule has 0 saturated carbocycles. The van der Waals surface area contributed by atoms with E-state index in [1.165, 1.54) is 25.8 Å². The monoisotopic (exact) mass is 221 g/mol. The van der Waals surface area contributed by atoms with Crippen LogP contribution in [0.15, 0.2) is 35.2 Å². The molecule has 2 rings (SSSR count). The fraction of sp³-hybridized carbons (Fsp3) is 0.100. The minimum Gasteiger partial charge on any atom is -0.464 e. The van der Waals surface area contributed by atoms with E-state index in [-0.39, 0.29) is 5.69 Å². The van der Waals surface area contributed by atoms with Crippen LogP contribution in [0.25, 0.3) is 11.5 Å². The summed E-state index contributed by atoms with van der Waals surface area (Å²) in [5, 5.41) is 9.03. The lowest BCUT2D eigenvalue weighted by atomic mass is 10.3. The van der Waals surface area contributed by atoms with Crippen molar-refractivity contribution in [2.75, 3.05) is 7.11 Å². The van der Waals surface area contributed by atoms with Crippen LogP contribution in [-0.4, -0.2) is 23.3 Å². The molecule has 0 unspecified atom stereocenters. The third-order valence-corrected chi connectivity index (χ3v) is 1.96. The van der Waals surface area contributed by atoms with Crippen LogP contribution >= 0.6 is 0 Å². The topological polar surface area (TPSA) is 76.4 Å². The molecule has 0 saturated heterocycles. The number of rotatable bonds is 2. The Bertz CT molecular complexity index is 504. The molecule has 0 fully saturated rings. The highest BCUT2D eigenvalue weighted by molar-refractivity contribution is 5.87. The van der Waals surface area contributed by atoms with E-state index in [2.05, 4.69) is 9.72 Å². The summed E-state index contributed by atoms with van der Waals surface area (Å²) in [6.07, 6.45) is 4.08. The molecule has 2 heterocycles. The third-order valence-electron chi connectivity index (χ3n) is 1.96. The highest BCUT2D eigenvalue weighted by Crippen LogP contribution is 2.17. The Morgan fingerprint density at radius 1 is 1.50 bits per heavy atom. The van der Waals surface area contributed by atoms with Crippen molar-refractivity contribution >= 4 is 5.97 Å². The van der Waals surface area contributed by atoms with Crippen LogP contribution in [-0.2, 0) is 4.74 Å². The first-order chi connectivity index (χ1) is 7.70. The van der Waals surface area contributed by atoms with Gasteiger partial charge in [-0.2, -0.15) is 0 Å². The van der Waals surface area contributed by atoms with Crippen molar-refractivity contribution in [1.82, 2.24) is 4.98 Å². The van der Waals surface area contributed by atoms with Crippen LogP contribution in [0.1, 0.15) is 10.5 Å². The number of hydrogen-bond acceptors (Lipinski definition) is 5. The van der Waals surface area contributed by atoms with E-state index < -0.39 is 5.97 Å². The van der Waals surface area contributed by atoms with E-state index in [9.17, 15) is 4.79 Å². The number of ether oxygens (including phenoxy) is 1. The zero-order valence-corrected chi connectivity index (χ0v) is 8.45. The van der Waals surface area contributed by atoms with Crippen LogP contribution in [0.5, 0.6) is 0 Å². The zero-order valence-electron chi connectivity index (χ0n) is 8.45. The molecular formula is C10H9N2O4+. The lowest BCUT2D eigenvalue weighted by molar-refractivity contribution is -0.904. The van der Waals surface area contributed by atoms with Crippen molar-refractivity contribution in [3.8, 4) is 11.5 Å². The summed E-state index contributed by atoms with van der Waals surface area (Å²) in [6, 6.07) is 3.21. The Morgan fingerprint density at radius 3 is 2.81 bits per heavy atom. The summed E-state index contributed by atoms with van der Waals surface area (Å²) >= 11 is 0. The lowest BCUT2D eigenvalue weighted by Gasteiger charge is -1.91. The second-order valence-electron chi connectivity index (χ2n) is 3.00. The molecule has 6 heteroatoms. The van der Waals surface area contributed by atoms with Crippen LogP contribution in [0, 0.1) is 0 Å². The minimum atomic E-state index is -0.553. The molecule has 0 amide bonds. The van der Waals surface area contributed by atoms with Crippen LogP contribution in [0.4, 0.5) is 0 Å². The summed E-state index contributed by atoms with van der Waals surface area (Å²) in [6.45, 7) is 0. The van der Waals surface area contributed by atoms with E-state index in [0.717, 1.165) is 4.73 Å². The number of oxazole rings is 1. The van der Waals surface area contributed by atoms with Crippen LogP contribution in [0.3, 0.4) is 0 Å². The molecule has 0 atom stereocenters. The summed E-state index contributed by atoms with van der Waals surface area (Å²) in [5.74, 6) is -0.260. The number of carbonyl (C=O) groups excluding carboxylic acids is 1. The Balaban J connectivity index is 2.31. The molecule has 0 spiro atoms. The predicted molar refractivity (Wildman–Crippen MR) is 50.7 cm³/mol. The van der Waals surface area contributed by atoms with Gasteiger partial charge >= 0.3 is 5.97 Å². The van der Waals surface area contributed by atoms with E-state index in [4.69, 9.17) is 9.62 Å². The van der Waals surface area contributed by atoms with Gasteiger partial charge < -0.3 is 9.15 Å². The fourth-order valence-electron chi connectivity index (χ4n) is 1.17. The zero-order chi connectivity index (χ0) is 11.5. The Kier molecular flexibility index (Phi) is 2.55. The highest BCUT2D eigenvalue weighted by atomic mass is 16.5. The fourth-order valence-corrected chi connectivity index (χ4v) is 1.17. The maximum Gasteiger partial charge on any atom is 0.360 e. The maximum atomic E-state index is 11.1. The molecule has 2 aromatic heterocycles. The van der Waals surface area contributed by atoms with E-state index in [1.807, 2.05) is 0 Å². The van der Waals surface area contributed by atoms with Gasteiger partial charge in [-0.25, -0.2) is 9.78 Å². The Labute approximate surface area is 90.7 Å². The first-order valence-electron chi connectivity index (χ1n) is 4.45. The molecule has 2 aromatic rings. The smallest absolute Gasteiger partial charge is 0.360 e. The third kappa shape index (κ3) is 1.85. The number of pyridine rings is 1. The van der Waals surface area contributed by atoms with E-state index in [1.54, 1.807) is 12.1 Å². The first kappa shape index (κ1) is 10.2. The van der Waals surface area contributed by atoms with Crippen molar-refractivity contribution in [3.05, 3.63) is 36.5 Å². The maximum absolute atomic E-state index is 11.1. The SMILES string of the molecule is COC(=O)c1coc(-c2cc[n+](O)cc2)n1. The van der Waals surface area contributed by atoms with Gasteiger partial charge in [0.2, 0.25) is 18.3 Å². The molecule has 0 aromatic carbocycles. The van der Waals surface area contributed by atoms with Gasteiger partial charge in [-0.05, 0) is 0 Å². The van der Waals surface area contributed by atoms with Crippen molar-refractivity contribution < 1.29 is 23.9 Å². The summed E-state index contributed by atoms with van der Waals surface area (Å²) in [7, 11) is 1.27. The molecule has 0 bridgehead atoms. The van der Waals surface area contributed by atoms with Gasteiger partial charge in [-0.15, -0.1) is 0 Å². The average molecular weight is 221 g/mol. The number of aromatic nitrogens is 2. The quantitative estimate of drug-likeness (QED) is 0.458. The Morgan fingerprint density at radius 2 is 2.19 bits per heavy atom. The van der Waals surface area contributed by atoms with Gasteiger partial charge in [-0.1, -0.05) is 0 Å². The number of nitrogens with zero attached hydrogens (tertiary/aromatic N) is 2. The standard InChI is InChI=1S/C10H9N2O4/c1-15-10(13)8-6-16-9(11-8)7-2-4-12(14)5-3-7/h2-6,14H,1H3/q+1. The number of methoxy groups -OCH3 is 1. The average Bonchev–Trinajstić information content (AvgIpc) is 2.78. The van der Waals surface area contributed by atoms with Crippen molar-refractivity contribution in [2.45, 2.75) is 0 Å². The van der Waals surface area contributed by atoms with Gasteiger partial charge in [0.05, 0.1) is 7.11 Å². The number of esters is 1. The summed E-state index contributed by atoms with van der Waals surface area (Å²) < 4.78 is 10.5. The second-order valence-corrected chi connectivity index (χ2v) is 3.00. The predicted octanol–water partition coefficient (Wildman–Crippen LogP) is 0.653. The van der Waals surface area contributed by atoms with Crippen LogP contribution in [0.2, 0.25) is 0 Å². The van der Waals surface area contributed by atoms with Gasteiger partial charge in [0.15, 0.2) is 5.69 Å². The Hall–Kier alpha value is -2.37. The molecule has 6 nitrogen and oxygen atoms in total. The van der Waals surface area contributed by atoms with Gasteiger partial charge in [0.1, 0.15) is 6.26 Å². The van der Waals surface area contributed by atoms with E-state index >= 15 is 0 Å². The van der Waals surface area contributed by atoms with Crippen molar-refractivity contribution in [1.29, 1.82) is 0 Å². The molecule has 16 heavy (non-hydrogen) atoms. The molecule has 0 radical (unpaired) electrons. The second kappa shape index (κ2) is 4.01. The molecule has 0 aliphatic rings. The first-order valence-corrected chi connectivity index (χ1v) is 4.45. The highest BCUT2D eigenvalue weighted by Gasteiger charge is 2.14. The van der Waals surface area contributed by atoms with E-state index in [0.29, 0.717) is 11.5 Å². The van der Waals surface area contributed by atoms with Gasteiger partial charge in [-0.3, -0.25) is 5.21 Å². The van der Waals surface area contributed by atoms with Gasteiger partial charge in [0.25, 0.3) is 0 Å². The van der Waals surface area contributed by atoms with Gasteiger partial charge in [0, 0.05) is 22.4 Å². The van der Waals surface area contributed by atoms with Crippen molar-refractivity contribution in [3.63, 3.8) is 0 Å². The molecule has 82 valence electrons. The molecule has 0 aliphatic heterocycles. The number of hydrogen-bond donors (Lipinski definition) is 1. The molecular weight excluding hydrogens is 212 g/mol. The summed E-state index contributed by atoms with van der Waals surface area (Å²) in [4.78, 5) is 15.1. The number of carbonyl (C=O) groups is 1. The normalized spacial score (nSPS) is 10.1. The molecule has 1 N–H and O–H groups in total. The lowest BCUT2D eigenvalue weighted by Crippen LogP contribution is -2.27. The largest absolute Gasteiger partial charge is 0.464 e. The van der Waals surface area contributed by atoms with Crippen LogP contribution < -0.4 is 4.73 Å².